The van der Waals surface area contributed by atoms with Crippen molar-refractivity contribution in [1.29, 1.82) is 0 Å². The molecule has 0 amide bonds. The lowest BCUT2D eigenvalue weighted by Gasteiger charge is -2.27. The zero-order valence-electron chi connectivity index (χ0n) is 13.3. The summed E-state index contributed by atoms with van der Waals surface area (Å²) in [6.07, 6.45) is 0.00102. The third-order valence-electron chi connectivity index (χ3n) is 3.96. The van der Waals surface area contributed by atoms with Gasteiger partial charge in [0.05, 0.1) is 6.04 Å². The van der Waals surface area contributed by atoms with E-state index in [0.29, 0.717) is 5.92 Å². The third-order valence-corrected chi connectivity index (χ3v) is 3.96. The van der Waals surface area contributed by atoms with Crippen molar-refractivity contribution >= 4 is 0 Å². The van der Waals surface area contributed by atoms with Crippen molar-refractivity contribution in [2.45, 2.75) is 31.9 Å². The maximum absolute atomic E-state index is 5.76. The summed E-state index contributed by atoms with van der Waals surface area (Å²) in [5.74, 6) is 0.555. The van der Waals surface area contributed by atoms with Crippen LogP contribution in [0.3, 0.4) is 0 Å². The van der Waals surface area contributed by atoms with Crippen LogP contribution >= 0.6 is 0 Å². The topological polar surface area (TPSA) is 21.3 Å². The summed E-state index contributed by atoms with van der Waals surface area (Å²) in [5.41, 5.74) is 3.80. The van der Waals surface area contributed by atoms with Crippen molar-refractivity contribution in [3.63, 3.8) is 0 Å². The SMILES string of the molecule is CNC(c1ccc(C(C)C)cc1)C(OC)c1ccccc1. The fourth-order valence-corrected chi connectivity index (χ4v) is 2.69. The number of nitrogens with one attached hydrogen (secondary N) is 1. The first-order chi connectivity index (χ1) is 10.2. The Labute approximate surface area is 128 Å². The van der Waals surface area contributed by atoms with Gasteiger partial charge in [-0.2, -0.15) is 0 Å². The van der Waals surface area contributed by atoms with Gasteiger partial charge in [-0.3, -0.25) is 0 Å². The molecule has 1 N–H and O–H groups in total. The first-order valence-corrected chi connectivity index (χ1v) is 7.52. The average molecular weight is 283 g/mol. The number of hydrogen-bond donors (Lipinski definition) is 1. The molecule has 2 atom stereocenters. The molecule has 2 unspecified atom stereocenters. The normalized spacial score (nSPS) is 14.1. The highest BCUT2D eigenvalue weighted by molar-refractivity contribution is 5.30. The van der Waals surface area contributed by atoms with E-state index in [4.69, 9.17) is 4.74 Å². The Bertz CT molecular complexity index is 533. The quantitative estimate of drug-likeness (QED) is 0.845. The largest absolute Gasteiger partial charge is 0.375 e. The zero-order valence-corrected chi connectivity index (χ0v) is 13.3. The average Bonchev–Trinajstić information content (AvgIpc) is 2.53. The lowest BCUT2D eigenvalue weighted by molar-refractivity contribution is 0.0702. The molecule has 0 radical (unpaired) electrons. The maximum Gasteiger partial charge on any atom is 0.102 e. The first kappa shape index (κ1) is 15.7. The molecular weight excluding hydrogens is 258 g/mol. The van der Waals surface area contributed by atoms with E-state index in [9.17, 15) is 0 Å². The minimum atomic E-state index is 0.00102. The van der Waals surface area contributed by atoms with Crippen molar-refractivity contribution < 1.29 is 4.74 Å². The molecule has 2 aromatic rings. The van der Waals surface area contributed by atoms with Crippen LogP contribution in [0.4, 0.5) is 0 Å². The number of benzene rings is 2. The molecule has 0 aromatic heterocycles. The van der Waals surface area contributed by atoms with Gasteiger partial charge in [-0.1, -0.05) is 68.4 Å². The molecule has 0 saturated heterocycles. The molecule has 21 heavy (non-hydrogen) atoms. The summed E-state index contributed by atoms with van der Waals surface area (Å²) in [7, 11) is 3.75. The summed E-state index contributed by atoms with van der Waals surface area (Å²) >= 11 is 0. The van der Waals surface area contributed by atoms with Crippen LogP contribution in [0.5, 0.6) is 0 Å². The van der Waals surface area contributed by atoms with Crippen LogP contribution in [0.15, 0.2) is 54.6 Å². The smallest absolute Gasteiger partial charge is 0.102 e. The van der Waals surface area contributed by atoms with Gasteiger partial charge in [0.15, 0.2) is 0 Å². The molecule has 2 aromatic carbocycles. The fourth-order valence-electron chi connectivity index (χ4n) is 2.69. The van der Waals surface area contributed by atoms with Crippen molar-refractivity contribution in [1.82, 2.24) is 5.32 Å². The Morgan fingerprint density at radius 2 is 1.38 bits per heavy atom. The van der Waals surface area contributed by atoms with E-state index in [-0.39, 0.29) is 12.1 Å². The number of ether oxygens (including phenoxy) is 1. The molecular formula is C19H25NO. The fraction of sp³-hybridized carbons (Fsp3) is 0.368. The molecule has 0 aliphatic rings. The van der Waals surface area contributed by atoms with Gasteiger partial charge < -0.3 is 10.1 Å². The van der Waals surface area contributed by atoms with Gasteiger partial charge in [0, 0.05) is 7.11 Å². The van der Waals surface area contributed by atoms with Gasteiger partial charge >= 0.3 is 0 Å². The van der Waals surface area contributed by atoms with Gasteiger partial charge in [0.25, 0.3) is 0 Å². The first-order valence-electron chi connectivity index (χ1n) is 7.52. The summed E-state index contributed by atoms with van der Waals surface area (Å²) < 4.78 is 5.76. The second-order valence-electron chi connectivity index (χ2n) is 5.65. The lowest BCUT2D eigenvalue weighted by atomic mass is 9.93. The van der Waals surface area contributed by atoms with E-state index in [1.54, 1.807) is 7.11 Å². The minimum absolute atomic E-state index is 0.00102. The molecule has 0 saturated carbocycles. The van der Waals surface area contributed by atoms with Gasteiger partial charge in [-0.15, -0.1) is 0 Å². The highest BCUT2D eigenvalue weighted by Gasteiger charge is 2.23. The molecule has 0 aliphatic heterocycles. The Balaban J connectivity index is 2.29. The van der Waals surface area contributed by atoms with E-state index in [2.05, 4.69) is 67.7 Å². The van der Waals surface area contributed by atoms with Crippen molar-refractivity contribution in [3.8, 4) is 0 Å². The minimum Gasteiger partial charge on any atom is -0.375 e. The molecule has 2 nitrogen and oxygen atoms in total. The predicted octanol–water partition coefficient (Wildman–Crippen LogP) is 4.46. The van der Waals surface area contributed by atoms with E-state index in [0.717, 1.165) is 0 Å². The highest BCUT2D eigenvalue weighted by Crippen LogP contribution is 2.31. The van der Waals surface area contributed by atoms with Crippen molar-refractivity contribution in [3.05, 3.63) is 71.3 Å². The Kier molecular flexibility index (Phi) is 5.54. The molecule has 2 heteroatoms. The van der Waals surface area contributed by atoms with Crippen LogP contribution < -0.4 is 5.32 Å². The van der Waals surface area contributed by atoms with Crippen LogP contribution in [-0.4, -0.2) is 14.2 Å². The van der Waals surface area contributed by atoms with Crippen LogP contribution in [0.25, 0.3) is 0 Å². The Morgan fingerprint density at radius 1 is 0.810 bits per heavy atom. The number of rotatable bonds is 6. The standard InChI is InChI=1S/C19H25NO/c1-14(2)15-10-12-16(13-11-15)18(20-3)19(21-4)17-8-6-5-7-9-17/h5-14,18-20H,1-4H3. The number of hydrogen-bond acceptors (Lipinski definition) is 2. The second kappa shape index (κ2) is 7.39. The van der Waals surface area contributed by atoms with Crippen molar-refractivity contribution in [2.75, 3.05) is 14.2 Å². The molecule has 112 valence electrons. The summed E-state index contributed by atoms with van der Waals surface area (Å²) in [6, 6.07) is 19.3. The number of methoxy groups -OCH3 is 1. The van der Waals surface area contributed by atoms with Crippen LogP contribution in [-0.2, 0) is 4.74 Å². The van der Waals surface area contributed by atoms with Crippen LogP contribution in [0.1, 0.15) is 48.6 Å². The van der Waals surface area contributed by atoms with Crippen molar-refractivity contribution in [2.24, 2.45) is 0 Å². The molecule has 0 heterocycles. The summed E-state index contributed by atoms with van der Waals surface area (Å²) in [4.78, 5) is 0. The van der Waals surface area contributed by atoms with Gasteiger partial charge in [-0.25, -0.2) is 0 Å². The van der Waals surface area contributed by atoms with Gasteiger partial charge in [-0.05, 0) is 29.7 Å². The number of likely N-dealkylation sites (N-methyl/N-ethyl adjacent to an activating group) is 1. The van der Waals surface area contributed by atoms with E-state index in [1.807, 2.05) is 13.1 Å². The zero-order chi connectivity index (χ0) is 15.2. The lowest BCUT2D eigenvalue weighted by Crippen LogP contribution is -2.25. The van der Waals surface area contributed by atoms with Crippen LogP contribution in [0.2, 0.25) is 0 Å². The van der Waals surface area contributed by atoms with E-state index < -0.39 is 0 Å². The van der Waals surface area contributed by atoms with Crippen LogP contribution in [0, 0.1) is 0 Å². The van der Waals surface area contributed by atoms with E-state index in [1.165, 1.54) is 16.7 Å². The van der Waals surface area contributed by atoms with Gasteiger partial charge in [0.1, 0.15) is 6.10 Å². The molecule has 2 rings (SSSR count). The third kappa shape index (κ3) is 3.72. The molecule has 0 bridgehead atoms. The highest BCUT2D eigenvalue weighted by atomic mass is 16.5. The summed E-state index contributed by atoms with van der Waals surface area (Å²) in [5, 5.41) is 3.39. The maximum atomic E-state index is 5.76. The molecule has 0 fully saturated rings. The molecule has 0 spiro atoms. The Hall–Kier alpha value is -1.64. The van der Waals surface area contributed by atoms with E-state index >= 15 is 0 Å². The molecule has 0 aliphatic carbocycles. The Morgan fingerprint density at radius 3 is 1.86 bits per heavy atom. The van der Waals surface area contributed by atoms with Gasteiger partial charge in [0.2, 0.25) is 0 Å². The monoisotopic (exact) mass is 283 g/mol. The predicted molar refractivity (Wildman–Crippen MR) is 88.5 cm³/mol. The summed E-state index contributed by atoms with van der Waals surface area (Å²) in [6.45, 7) is 4.43. The second-order valence-corrected chi connectivity index (χ2v) is 5.65.